The van der Waals surface area contributed by atoms with Gasteiger partial charge in [0, 0.05) is 30.2 Å². The molecule has 5 rings (SSSR count). The average Bonchev–Trinajstić information content (AvgIpc) is 3.24. The summed E-state index contributed by atoms with van der Waals surface area (Å²) >= 11 is 0. The Morgan fingerprint density at radius 3 is 2.96 bits per heavy atom. The topological polar surface area (TPSA) is 77.2 Å². The third-order valence-corrected chi connectivity index (χ3v) is 5.97. The summed E-state index contributed by atoms with van der Waals surface area (Å²) in [4.78, 5) is 17.7. The predicted molar refractivity (Wildman–Crippen MR) is 91.5 cm³/mol. The van der Waals surface area contributed by atoms with Gasteiger partial charge in [-0.2, -0.15) is 0 Å². The molecular weight excluding hydrogens is 318 g/mol. The number of nitrogens with one attached hydrogen (secondary N) is 1. The fourth-order valence-electron chi connectivity index (χ4n) is 4.48. The van der Waals surface area contributed by atoms with Gasteiger partial charge in [0.2, 0.25) is 0 Å². The van der Waals surface area contributed by atoms with Crippen LogP contribution >= 0.6 is 0 Å². The van der Waals surface area contributed by atoms with Crippen molar-refractivity contribution in [2.24, 2.45) is 5.92 Å². The van der Waals surface area contributed by atoms with Crippen LogP contribution in [-0.2, 0) is 4.74 Å². The Labute approximate surface area is 146 Å². The Morgan fingerprint density at radius 2 is 2.12 bits per heavy atom. The van der Waals surface area contributed by atoms with Gasteiger partial charge in [0.15, 0.2) is 0 Å². The van der Waals surface area contributed by atoms with Crippen LogP contribution in [0, 0.1) is 12.8 Å². The van der Waals surface area contributed by atoms with Crippen LogP contribution in [0.2, 0.25) is 0 Å². The first-order chi connectivity index (χ1) is 12.2. The Morgan fingerprint density at radius 1 is 1.24 bits per heavy atom. The molecule has 0 spiro atoms. The Hall–Kier alpha value is -1.95. The van der Waals surface area contributed by atoms with Gasteiger partial charge in [-0.1, -0.05) is 5.16 Å². The Kier molecular flexibility index (Phi) is 3.55. The fraction of sp³-hybridized carbons (Fsp3) is 0.632. The third kappa shape index (κ3) is 2.63. The lowest BCUT2D eigenvalue weighted by molar-refractivity contribution is 0.0510. The normalized spacial score (nSPS) is 28.9. The maximum atomic E-state index is 13.1. The van der Waals surface area contributed by atoms with Crippen molar-refractivity contribution in [1.29, 1.82) is 0 Å². The number of pyridine rings is 1. The number of aromatic nitrogens is 2. The monoisotopic (exact) mass is 341 g/mol. The average molecular weight is 341 g/mol. The molecule has 0 aromatic carbocycles. The number of hydrogen-bond acceptors (Lipinski definition) is 5. The first kappa shape index (κ1) is 15.3. The number of aryl methyl sites for hydroxylation is 1. The van der Waals surface area contributed by atoms with E-state index in [1.807, 2.05) is 13.0 Å². The second-order valence-corrected chi connectivity index (χ2v) is 7.69. The van der Waals surface area contributed by atoms with Crippen molar-refractivity contribution >= 4 is 17.0 Å². The molecule has 6 heteroatoms. The molecule has 1 aliphatic heterocycles. The number of ether oxygens (including phenoxy) is 1. The Bertz CT molecular complexity index is 827. The van der Waals surface area contributed by atoms with Crippen molar-refractivity contribution in [3.05, 3.63) is 23.0 Å². The van der Waals surface area contributed by atoms with Crippen molar-refractivity contribution in [2.45, 2.75) is 63.5 Å². The zero-order valence-electron chi connectivity index (χ0n) is 14.5. The first-order valence-corrected chi connectivity index (χ1v) is 9.40. The van der Waals surface area contributed by atoms with Crippen molar-refractivity contribution < 1.29 is 14.1 Å². The van der Waals surface area contributed by atoms with E-state index in [1.54, 1.807) is 0 Å². The number of nitrogens with zero attached hydrogens (tertiary/aromatic N) is 2. The number of carbonyl (C=O) groups excluding carboxylic acids is 1. The number of amides is 1. The smallest absolute Gasteiger partial charge is 0.259 e. The van der Waals surface area contributed by atoms with Gasteiger partial charge in [0.25, 0.3) is 11.6 Å². The molecule has 0 radical (unpaired) electrons. The van der Waals surface area contributed by atoms with E-state index in [0.717, 1.165) is 61.9 Å². The summed E-state index contributed by atoms with van der Waals surface area (Å²) < 4.78 is 11.2. The van der Waals surface area contributed by atoms with Crippen molar-refractivity contribution in [3.8, 4) is 0 Å². The number of hydrogen-bond donors (Lipinski definition) is 1. The molecule has 3 heterocycles. The second kappa shape index (κ2) is 5.80. The molecule has 132 valence electrons. The lowest BCUT2D eigenvalue weighted by Gasteiger charge is -2.33. The van der Waals surface area contributed by atoms with Crippen LogP contribution in [0.5, 0.6) is 0 Å². The predicted octanol–water partition coefficient (Wildman–Crippen LogP) is 3.10. The quantitative estimate of drug-likeness (QED) is 0.928. The molecule has 2 saturated carbocycles. The summed E-state index contributed by atoms with van der Waals surface area (Å²) in [6.45, 7) is 2.68. The molecule has 2 aliphatic carbocycles. The minimum atomic E-state index is -0.0295. The van der Waals surface area contributed by atoms with Gasteiger partial charge in [-0.3, -0.25) is 4.79 Å². The van der Waals surface area contributed by atoms with Crippen LogP contribution in [-0.4, -0.2) is 34.8 Å². The molecule has 1 N–H and O–H groups in total. The van der Waals surface area contributed by atoms with Crippen LogP contribution in [0.4, 0.5) is 0 Å². The molecule has 3 atom stereocenters. The van der Waals surface area contributed by atoms with Crippen LogP contribution in [0.1, 0.15) is 66.2 Å². The van der Waals surface area contributed by atoms with E-state index in [2.05, 4.69) is 15.5 Å². The minimum absolute atomic E-state index is 0.0295. The van der Waals surface area contributed by atoms with Gasteiger partial charge in [-0.25, -0.2) is 4.98 Å². The molecular formula is C19H23N3O3. The van der Waals surface area contributed by atoms with Crippen LogP contribution in [0.3, 0.4) is 0 Å². The SMILES string of the molecule is Cc1noc2nc(C3CC3)cc(C(=O)N[C@@H]3CCC[C@@H]4OCC[C@@H]43)c12. The minimum Gasteiger partial charge on any atom is -0.378 e. The third-order valence-electron chi connectivity index (χ3n) is 5.97. The van der Waals surface area contributed by atoms with Crippen molar-refractivity contribution in [1.82, 2.24) is 15.5 Å². The molecule has 0 bridgehead atoms. The van der Waals surface area contributed by atoms with Crippen LogP contribution in [0.15, 0.2) is 10.6 Å². The van der Waals surface area contributed by atoms with Crippen LogP contribution < -0.4 is 5.32 Å². The Balaban J connectivity index is 1.47. The molecule has 3 fully saturated rings. The van der Waals surface area contributed by atoms with E-state index < -0.39 is 0 Å². The summed E-state index contributed by atoms with van der Waals surface area (Å²) in [7, 11) is 0. The maximum absolute atomic E-state index is 13.1. The van der Waals surface area contributed by atoms with E-state index in [0.29, 0.717) is 29.2 Å². The van der Waals surface area contributed by atoms with E-state index >= 15 is 0 Å². The summed E-state index contributed by atoms with van der Waals surface area (Å²) in [5, 5.41) is 8.06. The second-order valence-electron chi connectivity index (χ2n) is 7.69. The zero-order chi connectivity index (χ0) is 17.0. The molecule has 3 aliphatic rings. The summed E-state index contributed by atoms with van der Waals surface area (Å²) in [6.07, 6.45) is 6.89. The van der Waals surface area contributed by atoms with E-state index in [9.17, 15) is 4.79 Å². The largest absolute Gasteiger partial charge is 0.378 e. The van der Waals surface area contributed by atoms with Gasteiger partial charge < -0.3 is 14.6 Å². The molecule has 25 heavy (non-hydrogen) atoms. The number of fused-ring (bicyclic) bond motifs is 2. The lowest BCUT2D eigenvalue weighted by atomic mass is 9.81. The van der Waals surface area contributed by atoms with Crippen molar-refractivity contribution in [3.63, 3.8) is 0 Å². The number of rotatable bonds is 3. The molecule has 6 nitrogen and oxygen atoms in total. The summed E-state index contributed by atoms with van der Waals surface area (Å²) in [5.41, 5.74) is 2.82. The van der Waals surface area contributed by atoms with E-state index in [4.69, 9.17) is 9.26 Å². The molecule has 1 saturated heterocycles. The number of carbonyl (C=O) groups is 1. The van der Waals surface area contributed by atoms with Crippen molar-refractivity contribution in [2.75, 3.05) is 6.61 Å². The van der Waals surface area contributed by atoms with Gasteiger partial charge in [0.1, 0.15) is 0 Å². The highest BCUT2D eigenvalue weighted by atomic mass is 16.5. The van der Waals surface area contributed by atoms with Gasteiger partial charge in [-0.15, -0.1) is 0 Å². The standard InChI is InChI=1S/C19H23N3O3/c1-10-17-13(9-15(11-5-6-11)21-19(17)25-22-10)18(23)20-14-3-2-4-16-12(14)7-8-24-16/h9,11-12,14,16H,2-8H2,1H3,(H,20,23)/t12-,14-,16+/m1/s1. The first-order valence-electron chi connectivity index (χ1n) is 9.40. The van der Waals surface area contributed by atoms with Gasteiger partial charge >= 0.3 is 0 Å². The molecule has 2 aromatic rings. The highest BCUT2D eigenvalue weighted by Crippen LogP contribution is 2.40. The maximum Gasteiger partial charge on any atom is 0.259 e. The molecule has 1 amide bonds. The van der Waals surface area contributed by atoms with E-state index in [1.165, 1.54) is 0 Å². The molecule has 0 unspecified atom stereocenters. The molecule has 2 aromatic heterocycles. The highest BCUT2D eigenvalue weighted by Gasteiger charge is 2.38. The summed E-state index contributed by atoms with van der Waals surface area (Å²) in [6, 6.07) is 2.15. The van der Waals surface area contributed by atoms with Gasteiger partial charge in [0.05, 0.1) is 22.7 Å². The summed E-state index contributed by atoms with van der Waals surface area (Å²) in [5.74, 6) is 0.878. The van der Waals surface area contributed by atoms with E-state index in [-0.39, 0.29) is 11.9 Å². The van der Waals surface area contributed by atoms with Gasteiger partial charge in [-0.05, 0) is 51.5 Å². The zero-order valence-corrected chi connectivity index (χ0v) is 14.5. The lowest BCUT2D eigenvalue weighted by Crippen LogP contribution is -2.45. The van der Waals surface area contributed by atoms with Crippen LogP contribution in [0.25, 0.3) is 11.1 Å². The fourth-order valence-corrected chi connectivity index (χ4v) is 4.48. The highest BCUT2D eigenvalue weighted by molar-refractivity contribution is 6.06.